The molecule has 0 aliphatic carbocycles. The van der Waals surface area contributed by atoms with E-state index in [1.54, 1.807) is 21.2 Å². The monoisotopic (exact) mass is 309 g/mol. The van der Waals surface area contributed by atoms with Crippen molar-refractivity contribution in [2.75, 3.05) is 0 Å². The lowest BCUT2D eigenvalue weighted by atomic mass is 9.96. The molecular weight excluding hydrogens is 274 g/mol. The van der Waals surface area contributed by atoms with Crippen molar-refractivity contribution in [2.24, 2.45) is 23.7 Å². The minimum Gasteiger partial charge on any atom is -0.344 e. The summed E-state index contributed by atoms with van der Waals surface area (Å²) < 4.78 is 0. The molecule has 0 aromatic heterocycles. The largest absolute Gasteiger partial charge is 0.344 e. The summed E-state index contributed by atoms with van der Waals surface area (Å²) in [5, 5.41) is 0. The molecule has 21 heavy (non-hydrogen) atoms. The lowest BCUT2D eigenvalue weighted by Crippen LogP contribution is -2.38. The Labute approximate surface area is 137 Å². The van der Waals surface area contributed by atoms with Gasteiger partial charge in [-0.1, -0.05) is 67.2 Å². The van der Waals surface area contributed by atoms with Gasteiger partial charge < -0.3 is 4.90 Å². The van der Waals surface area contributed by atoms with E-state index < -0.39 is 0 Å². The zero-order chi connectivity index (χ0) is 16.5. The van der Waals surface area contributed by atoms with Gasteiger partial charge in [0.05, 0.1) is 0 Å². The molecule has 1 heterocycles. The Kier molecular flexibility index (Phi) is 6.46. The fourth-order valence-corrected chi connectivity index (χ4v) is 4.68. The van der Waals surface area contributed by atoms with Gasteiger partial charge in [-0.2, -0.15) is 0 Å². The second kappa shape index (κ2) is 7.26. The van der Waals surface area contributed by atoms with Crippen LogP contribution in [0.2, 0.25) is 0 Å². The van der Waals surface area contributed by atoms with E-state index in [1.807, 2.05) is 0 Å². The normalized spacial score (nSPS) is 17.6. The predicted octanol–water partition coefficient (Wildman–Crippen LogP) is 6.49. The molecule has 0 amide bonds. The molecule has 0 N–H and O–H groups in total. The molecular formula is C19H35NS. The fraction of sp³-hybridized carbons (Fsp3) is 0.789. The van der Waals surface area contributed by atoms with E-state index in [2.05, 4.69) is 85.9 Å². The first-order valence-corrected chi connectivity index (χ1v) is 9.36. The topological polar surface area (TPSA) is 3.24 Å². The van der Waals surface area contributed by atoms with Crippen LogP contribution in [0.1, 0.15) is 69.2 Å². The summed E-state index contributed by atoms with van der Waals surface area (Å²) in [6, 6.07) is 0.517. The molecule has 0 aromatic rings. The molecule has 0 unspecified atom stereocenters. The fourth-order valence-electron chi connectivity index (χ4n) is 3.10. The molecule has 0 saturated heterocycles. The van der Waals surface area contributed by atoms with Crippen LogP contribution in [-0.2, 0) is 0 Å². The Morgan fingerprint density at radius 1 is 0.571 bits per heavy atom. The van der Waals surface area contributed by atoms with Gasteiger partial charge in [-0.3, -0.25) is 0 Å². The van der Waals surface area contributed by atoms with Crippen molar-refractivity contribution in [3.8, 4) is 0 Å². The van der Waals surface area contributed by atoms with E-state index in [4.69, 9.17) is 0 Å². The second-order valence-electron chi connectivity index (χ2n) is 7.68. The van der Waals surface area contributed by atoms with Crippen molar-refractivity contribution in [1.29, 1.82) is 0 Å². The van der Waals surface area contributed by atoms with Crippen LogP contribution in [0.5, 0.6) is 0 Å². The average molecular weight is 310 g/mol. The highest BCUT2D eigenvalue weighted by Crippen LogP contribution is 2.49. The van der Waals surface area contributed by atoms with Gasteiger partial charge in [0.25, 0.3) is 0 Å². The molecule has 0 aromatic carbocycles. The minimum absolute atomic E-state index is 0.517. The maximum Gasteiger partial charge on any atom is 0.0307 e. The first-order valence-electron chi connectivity index (χ1n) is 8.54. The summed E-state index contributed by atoms with van der Waals surface area (Å²) in [5.41, 5.74) is 3.11. The molecule has 1 rings (SSSR count). The lowest BCUT2D eigenvalue weighted by Gasteiger charge is -2.44. The molecule has 1 aliphatic heterocycles. The average Bonchev–Trinajstić information content (AvgIpc) is 2.34. The third-order valence-corrected chi connectivity index (χ3v) is 5.70. The summed E-state index contributed by atoms with van der Waals surface area (Å²) in [6.45, 7) is 23.4. The predicted molar refractivity (Wildman–Crippen MR) is 98.0 cm³/mol. The van der Waals surface area contributed by atoms with Crippen molar-refractivity contribution in [2.45, 2.75) is 75.3 Å². The SMILES string of the molecule is CC(C)C1=C(C(C)C)N(C(C)C)C(C(C)C)=C(C(C)C)S1. The molecule has 2 heteroatoms. The van der Waals surface area contributed by atoms with Crippen molar-refractivity contribution >= 4 is 11.8 Å². The van der Waals surface area contributed by atoms with E-state index >= 15 is 0 Å². The van der Waals surface area contributed by atoms with Crippen molar-refractivity contribution in [1.82, 2.24) is 4.90 Å². The van der Waals surface area contributed by atoms with Crippen molar-refractivity contribution in [3.63, 3.8) is 0 Å². The summed E-state index contributed by atoms with van der Waals surface area (Å²) >= 11 is 2.06. The van der Waals surface area contributed by atoms with Crippen LogP contribution < -0.4 is 0 Å². The maximum atomic E-state index is 2.65. The van der Waals surface area contributed by atoms with Crippen LogP contribution in [0.25, 0.3) is 0 Å². The summed E-state index contributed by atoms with van der Waals surface area (Å²) in [6.07, 6.45) is 0. The highest BCUT2D eigenvalue weighted by molar-refractivity contribution is 8.06. The number of allylic oxidation sites excluding steroid dienone is 4. The third-order valence-electron chi connectivity index (χ3n) is 3.90. The van der Waals surface area contributed by atoms with Crippen molar-refractivity contribution < 1.29 is 0 Å². The Morgan fingerprint density at radius 2 is 0.905 bits per heavy atom. The van der Waals surface area contributed by atoms with Gasteiger partial charge in [-0.25, -0.2) is 0 Å². The highest BCUT2D eigenvalue weighted by atomic mass is 32.2. The number of thioether (sulfide) groups is 1. The molecule has 122 valence electrons. The van der Waals surface area contributed by atoms with Crippen LogP contribution in [0, 0.1) is 23.7 Å². The molecule has 0 saturated carbocycles. The Bertz CT molecular complexity index is 389. The molecule has 1 nitrogen and oxygen atoms in total. The van der Waals surface area contributed by atoms with Crippen LogP contribution in [0.3, 0.4) is 0 Å². The Balaban J connectivity index is 3.56. The maximum absolute atomic E-state index is 2.65. The summed E-state index contributed by atoms with van der Waals surface area (Å²) in [7, 11) is 0. The van der Waals surface area contributed by atoms with E-state index in [9.17, 15) is 0 Å². The zero-order valence-corrected chi connectivity index (χ0v) is 16.6. The van der Waals surface area contributed by atoms with Crippen LogP contribution in [-0.4, -0.2) is 10.9 Å². The van der Waals surface area contributed by atoms with Gasteiger partial charge in [0.15, 0.2) is 0 Å². The molecule has 0 bridgehead atoms. The lowest BCUT2D eigenvalue weighted by molar-refractivity contribution is 0.284. The van der Waals surface area contributed by atoms with E-state index in [0.717, 1.165) is 0 Å². The Hall–Kier alpha value is -0.370. The van der Waals surface area contributed by atoms with E-state index in [0.29, 0.717) is 29.7 Å². The van der Waals surface area contributed by atoms with E-state index in [1.165, 1.54) is 0 Å². The van der Waals surface area contributed by atoms with Gasteiger partial charge >= 0.3 is 0 Å². The first kappa shape index (κ1) is 18.7. The van der Waals surface area contributed by atoms with Gasteiger partial charge in [0.2, 0.25) is 0 Å². The summed E-state index contributed by atoms with van der Waals surface area (Å²) in [4.78, 5) is 5.80. The smallest absolute Gasteiger partial charge is 0.0307 e. The number of nitrogens with zero attached hydrogens (tertiary/aromatic N) is 1. The van der Waals surface area contributed by atoms with Crippen LogP contribution in [0.4, 0.5) is 0 Å². The van der Waals surface area contributed by atoms with Crippen LogP contribution >= 0.6 is 11.8 Å². The minimum atomic E-state index is 0.517. The second-order valence-corrected chi connectivity index (χ2v) is 8.77. The number of hydrogen-bond donors (Lipinski definition) is 0. The van der Waals surface area contributed by atoms with E-state index in [-0.39, 0.29) is 0 Å². The van der Waals surface area contributed by atoms with Crippen LogP contribution in [0.15, 0.2) is 21.2 Å². The Morgan fingerprint density at radius 3 is 1.10 bits per heavy atom. The molecule has 0 atom stereocenters. The van der Waals surface area contributed by atoms with Gasteiger partial charge in [-0.05, 0) is 37.5 Å². The molecule has 1 aliphatic rings. The third kappa shape index (κ3) is 3.88. The van der Waals surface area contributed by atoms with Crippen molar-refractivity contribution in [3.05, 3.63) is 21.2 Å². The molecule has 0 radical (unpaired) electrons. The molecule has 0 fully saturated rings. The summed E-state index contributed by atoms with van der Waals surface area (Å²) in [5.74, 6) is 2.33. The first-order chi connectivity index (χ1) is 9.59. The zero-order valence-electron chi connectivity index (χ0n) is 15.7. The van der Waals surface area contributed by atoms with Gasteiger partial charge in [0.1, 0.15) is 0 Å². The van der Waals surface area contributed by atoms with Gasteiger partial charge in [-0.15, -0.1) is 0 Å². The molecule has 0 spiro atoms. The quantitative estimate of drug-likeness (QED) is 0.571. The highest BCUT2D eigenvalue weighted by Gasteiger charge is 2.34. The van der Waals surface area contributed by atoms with Gasteiger partial charge in [0, 0.05) is 27.2 Å². The number of hydrogen-bond acceptors (Lipinski definition) is 2. The standard InChI is InChI=1S/C19H35NS/c1-11(2)16-18(13(5)6)21-19(14(7)8)17(12(3)4)20(16)15(9)10/h11-15H,1-10H3. The number of rotatable bonds is 5.